The van der Waals surface area contributed by atoms with Crippen molar-refractivity contribution in [2.75, 3.05) is 50.0 Å². The van der Waals surface area contributed by atoms with Crippen LogP contribution in [0.15, 0.2) is 36.4 Å². The largest absolute Gasteiger partial charge is 0.394 e. The van der Waals surface area contributed by atoms with Gasteiger partial charge in [-0.05, 0) is 12.1 Å². The number of ketones is 2. The molecule has 0 saturated heterocycles. The number of aliphatic hydroxyl groups excluding tert-OH is 2. The van der Waals surface area contributed by atoms with E-state index >= 15 is 0 Å². The van der Waals surface area contributed by atoms with Gasteiger partial charge in [-0.3, -0.25) is 19.2 Å². The van der Waals surface area contributed by atoms with E-state index in [-0.39, 0.29) is 48.9 Å². The van der Waals surface area contributed by atoms with Crippen molar-refractivity contribution in [3.05, 3.63) is 58.7 Å². The number of benzene rings is 2. The lowest BCUT2D eigenvalue weighted by molar-refractivity contribution is -0.123. The Labute approximate surface area is 207 Å². The molecule has 0 heterocycles. The molecule has 3 rings (SSSR count). The van der Waals surface area contributed by atoms with Gasteiger partial charge < -0.3 is 42.9 Å². The molecule has 2 amide bonds. The summed E-state index contributed by atoms with van der Waals surface area (Å²) in [5, 5.41) is 29.2. The number of rotatable bonds is 12. The third-order valence-corrected chi connectivity index (χ3v) is 5.62. The first-order chi connectivity index (χ1) is 17.3. The number of fused-ring (bicyclic) bond motifs is 2. The van der Waals surface area contributed by atoms with E-state index in [1.165, 1.54) is 0 Å². The maximum Gasteiger partial charge on any atom is 0.239 e. The molecule has 0 unspecified atom stereocenters. The number of aliphatic hydroxyl groups is 2. The molecule has 2 aromatic rings. The van der Waals surface area contributed by atoms with Gasteiger partial charge in [0, 0.05) is 48.7 Å². The van der Waals surface area contributed by atoms with Gasteiger partial charge >= 0.3 is 0 Å². The quantitative estimate of drug-likeness (QED) is 0.131. The van der Waals surface area contributed by atoms with E-state index in [9.17, 15) is 19.2 Å². The molecule has 1 aliphatic carbocycles. The minimum atomic E-state index is -1.03. The molecule has 2 aromatic carbocycles. The Morgan fingerprint density at radius 1 is 0.694 bits per heavy atom. The zero-order valence-corrected chi connectivity index (χ0v) is 19.5. The third-order valence-electron chi connectivity index (χ3n) is 5.62. The molecule has 1 aliphatic rings. The summed E-state index contributed by atoms with van der Waals surface area (Å²) < 4.78 is 0. The lowest BCUT2D eigenvalue weighted by Gasteiger charge is -2.24. The molecule has 2 atom stereocenters. The van der Waals surface area contributed by atoms with Crippen molar-refractivity contribution in [3.8, 4) is 0 Å². The fourth-order valence-corrected chi connectivity index (χ4v) is 3.71. The number of nitrogens with one attached hydrogen (secondary N) is 4. The highest BCUT2D eigenvalue weighted by Crippen LogP contribution is 2.36. The van der Waals surface area contributed by atoms with Crippen LogP contribution in [0.25, 0.3) is 0 Å². The van der Waals surface area contributed by atoms with Crippen molar-refractivity contribution in [1.29, 1.82) is 0 Å². The van der Waals surface area contributed by atoms with Crippen molar-refractivity contribution in [2.24, 2.45) is 11.5 Å². The van der Waals surface area contributed by atoms with Crippen LogP contribution < -0.4 is 32.7 Å². The first-order valence-electron chi connectivity index (χ1n) is 11.4. The monoisotopic (exact) mass is 498 g/mol. The standard InChI is InChI=1S/C24H30N6O6/c25-15(11-31)23(35)29-9-7-27-17-5-6-18(28-8-10-30-24(36)16(26)12-32)20-19(17)21(33)13-3-1-2-4-14(13)22(20)34/h1-6,15-16,27-28,31-32H,7-12,25-26H2,(H,29,35)(H,30,36)/t15-,16-/m0/s1. The Morgan fingerprint density at radius 2 is 1.08 bits per heavy atom. The van der Waals surface area contributed by atoms with Crippen LogP contribution in [0, 0.1) is 0 Å². The summed E-state index contributed by atoms with van der Waals surface area (Å²) in [6.07, 6.45) is 0. The van der Waals surface area contributed by atoms with E-state index < -0.39 is 37.1 Å². The zero-order chi connectivity index (χ0) is 26.2. The van der Waals surface area contributed by atoms with Crippen molar-refractivity contribution in [3.63, 3.8) is 0 Å². The highest BCUT2D eigenvalue weighted by molar-refractivity contribution is 6.31. The van der Waals surface area contributed by atoms with E-state index in [0.717, 1.165) is 0 Å². The molecule has 0 spiro atoms. The molecule has 10 N–H and O–H groups in total. The van der Waals surface area contributed by atoms with E-state index in [4.69, 9.17) is 21.7 Å². The third kappa shape index (κ3) is 5.86. The number of carbonyl (C=O) groups excluding carboxylic acids is 4. The smallest absolute Gasteiger partial charge is 0.239 e. The van der Waals surface area contributed by atoms with Crippen LogP contribution in [-0.2, 0) is 9.59 Å². The molecule has 36 heavy (non-hydrogen) atoms. The predicted octanol–water partition coefficient (Wildman–Crippen LogP) is -1.84. The Balaban J connectivity index is 1.80. The number of anilines is 2. The van der Waals surface area contributed by atoms with E-state index in [2.05, 4.69) is 21.3 Å². The molecule has 12 heteroatoms. The maximum atomic E-state index is 13.4. The molecule has 0 fully saturated rings. The van der Waals surface area contributed by atoms with Crippen molar-refractivity contribution in [1.82, 2.24) is 10.6 Å². The molecule has 0 bridgehead atoms. The minimum absolute atomic E-state index is 0.176. The molecule has 0 aliphatic heterocycles. The summed E-state index contributed by atoms with van der Waals surface area (Å²) in [6, 6.07) is 7.82. The lowest BCUT2D eigenvalue weighted by Crippen LogP contribution is -2.44. The van der Waals surface area contributed by atoms with Gasteiger partial charge in [0.2, 0.25) is 11.8 Å². The molecule has 0 saturated carbocycles. The normalized spacial score (nSPS) is 13.8. The fraction of sp³-hybridized carbons (Fsp3) is 0.333. The molecular weight excluding hydrogens is 468 g/mol. The van der Waals surface area contributed by atoms with Gasteiger partial charge in [-0.25, -0.2) is 0 Å². The lowest BCUT2D eigenvalue weighted by atomic mass is 9.82. The first-order valence-corrected chi connectivity index (χ1v) is 11.4. The van der Waals surface area contributed by atoms with Gasteiger partial charge in [0.1, 0.15) is 12.1 Å². The van der Waals surface area contributed by atoms with Gasteiger partial charge in [-0.2, -0.15) is 0 Å². The van der Waals surface area contributed by atoms with Gasteiger partial charge in [0.15, 0.2) is 11.6 Å². The zero-order valence-electron chi connectivity index (χ0n) is 19.5. The predicted molar refractivity (Wildman–Crippen MR) is 133 cm³/mol. The Hall–Kier alpha value is -3.84. The van der Waals surface area contributed by atoms with Gasteiger partial charge in [0.05, 0.1) is 24.3 Å². The number of hydrogen-bond donors (Lipinski definition) is 8. The number of carbonyl (C=O) groups is 4. The summed E-state index contributed by atoms with van der Waals surface area (Å²) in [5.41, 5.74) is 12.8. The minimum Gasteiger partial charge on any atom is -0.394 e. The highest BCUT2D eigenvalue weighted by atomic mass is 16.3. The number of amides is 2. The summed E-state index contributed by atoms with van der Waals surface area (Å²) in [7, 11) is 0. The summed E-state index contributed by atoms with van der Waals surface area (Å²) >= 11 is 0. The van der Waals surface area contributed by atoms with E-state index in [1.807, 2.05) is 0 Å². The second-order valence-electron chi connectivity index (χ2n) is 8.13. The summed E-state index contributed by atoms with van der Waals surface area (Å²) in [5.74, 6) is -1.65. The van der Waals surface area contributed by atoms with Crippen molar-refractivity contribution < 1.29 is 29.4 Å². The Bertz CT molecular complexity index is 1070. The highest BCUT2D eigenvalue weighted by Gasteiger charge is 2.33. The van der Waals surface area contributed by atoms with E-state index in [0.29, 0.717) is 22.5 Å². The van der Waals surface area contributed by atoms with Gasteiger partial charge in [-0.15, -0.1) is 0 Å². The van der Waals surface area contributed by atoms with E-state index in [1.54, 1.807) is 36.4 Å². The molecule has 12 nitrogen and oxygen atoms in total. The Morgan fingerprint density at radius 3 is 1.44 bits per heavy atom. The van der Waals surface area contributed by atoms with Crippen LogP contribution in [0.3, 0.4) is 0 Å². The molecule has 192 valence electrons. The topological polar surface area (TPSA) is 209 Å². The fourth-order valence-electron chi connectivity index (χ4n) is 3.71. The maximum absolute atomic E-state index is 13.4. The van der Waals surface area contributed by atoms with Crippen LogP contribution in [0.5, 0.6) is 0 Å². The van der Waals surface area contributed by atoms with Crippen LogP contribution in [-0.4, -0.2) is 85.1 Å². The number of hydrogen-bond acceptors (Lipinski definition) is 10. The van der Waals surface area contributed by atoms with Gasteiger partial charge in [0.25, 0.3) is 0 Å². The van der Waals surface area contributed by atoms with Crippen LogP contribution in [0.1, 0.15) is 31.8 Å². The Kier molecular flexibility index (Phi) is 9.08. The summed E-state index contributed by atoms with van der Waals surface area (Å²) in [6.45, 7) is -0.123. The van der Waals surface area contributed by atoms with Crippen molar-refractivity contribution in [2.45, 2.75) is 12.1 Å². The SMILES string of the molecule is N[C@@H](CO)C(=O)NCCNc1ccc(NCCNC(=O)[C@@H](N)CO)c2c1C(=O)c1ccccc1C2=O. The molecule has 0 radical (unpaired) electrons. The second kappa shape index (κ2) is 12.2. The van der Waals surface area contributed by atoms with Crippen molar-refractivity contribution >= 4 is 34.8 Å². The second-order valence-corrected chi connectivity index (χ2v) is 8.13. The average molecular weight is 499 g/mol. The van der Waals surface area contributed by atoms with Gasteiger partial charge in [-0.1, -0.05) is 24.3 Å². The first kappa shape index (κ1) is 26.8. The molecular formula is C24H30N6O6. The molecule has 0 aromatic heterocycles. The van der Waals surface area contributed by atoms with Crippen LogP contribution in [0.4, 0.5) is 11.4 Å². The van der Waals surface area contributed by atoms with Crippen LogP contribution >= 0.6 is 0 Å². The average Bonchev–Trinajstić information content (AvgIpc) is 2.90. The summed E-state index contributed by atoms with van der Waals surface area (Å²) in [4.78, 5) is 50.3. The van der Waals surface area contributed by atoms with Crippen LogP contribution in [0.2, 0.25) is 0 Å². The number of nitrogens with two attached hydrogens (primary N) is 2.